The van der Waals surface area contributed by atoms with Gasteiger partial charge in [-0.1, -0.05) is 0 Å². The van der Waals surface area contributed by atoms with Gasteiger partial charge in [0.1, 0.15) is 0 Å². The molecule has 0 aliphatic carbocycles. The third-order valence-corrected chi connectivity index (χ3v) is 8.14. The van der Waals surface area contributed by atoms with Gasteiger partial charge in [0.15, 0.2) is 0 Å². The second kappa shape index (κ2) is 3.85. The van der Waals surface area contributed by atoms with Gasteiger partial charge < -0.3 is 0 Å². The van der Waals surface area contributed by atoms with E-state index in [9.17, 15) is 5.11 Å². The summed E-state index contributed by atoms with van der Waals surface area (Å²) in [7, 11) is 6.01. The molecule has 13 heavy (non-hydrogen) atoms. The number of aromatic hydroxyl groups is 1. The van der Waals surface area contributed by atoms with E-state index in [0.717, 1.165) is 5.39 Å². The van der Waals surface area contributed by atoms with Gasteiger partial charge in [0, 0.05) is 0 Å². The Labute approximate surface area is 92.2 Å². The average molecular weight is 379 g/mol. The molecule has 0 saturated carbocycles. The Kier molecular flexibility index (Phi) is 2.75. The van der Waals surface area contributed by atoms with E-state index < -0.39 is 23.3 Å². The van der Waals surface area contributed by atoms with Gasteiger partial charge in [-0.2, -0.15) is 0 Å². The fraction of sp³-hybridized carbons (Fsp3) is 0. The Balaban J connectivity index is 2.77. The molecule has 62 valence electrons. The summed E-state index contributed by atoms with van der Waals surface area (Å²) in [4.78, 5) is 0. The summed E-state index contributed by atoms with van der Waals surface area (Å²) in [5.41, 5.74) is 0. The van der Waals surface area contributed by atoms with Crippen molar-refractivity contribution in [2.45, 2.75) is 0 Å². The van der Waals surface area contributed by atoms with Gasteiger partial charge >= 0.3 is 92.7 Å². The minimum absolute atomic E-state index is 0.316. The van der Waals surface area contributed by atoms with Crippen molar-refractivity contribution in [2.75, 3.05) is 0 Å². The second-order valence-electron chi connectivity index (χ2n) is 2.96. The molecule has 2 aromatic carbocycles. The zero-order chi connectivity index (χ0) is 9.26. The van der Waals surface area contributed by atoms with Crippen LogP contribution in [0.25, 0.3) is 10.8 Å². The number of halogens is 1. The van der Waals surface area contributed by atoms with Crippen LogP contribution in [0.2, 0.25) is 0 Å². The molecule has 0 radical (unpaired) electrons. The molecule has 0 saturated heterocycles. The predicted octanol–water partition coefficient (Wildman–Crippen LogP) is 2.41. The SMILES string of the molecule is Oc1ccc2[c]([Hg][Cl])cccc2c1. The third kappa shape index (κ3) is 1.81. The standard InChI is InChI=1S/C10H7O.ClH.Hg/c11-10-6-5-8-3-1-2-4-9(8)7-10;;/h1-2,4-7,11H;1H;/q;;+1/p-1. The number of hydrogen-bond acceptors (Lipinski definition) is 1. The quantitative estimate of drug-likeness (QED) is 0.755. The van der Waals surface area contributed by atoms with Gasteiger partial charge in [-0.05, 0) is 0 Å². The predicted molar refractivity (Wildman–Crippen MR) is 51.1 cm³/mol. The number of phenols is 1. The Morgan fingerprint density at radius 1 is 1.15 bits per heavy atom. The molecule has 0 aliphatic rings. The molecule has 0 heterocycles. The molecule has 0 amide bonds. The molecule has 0 atom stereocenters. The third-order valence-electron chi connectivity index (χ3n) is 2.10. The molecule has 3 heteroatoms. The fourth-order valence-electron chi connectivity index (χ4n) is 1.45. The summed E-state index contributed by atoms with van der Waals surface area (Å²) in [5.74, 6) is 0.316. The summed E-state index contributed by atoms with van der Waals surface area (Å²) < 4.78 is 1.32. The van der Waals surface area contributed by atoms with Gasteiger partial charge in [0.05, 0.1) is 0 Å². The summed E-state index contributed by atoms with van der Waals surface area (Å²) in [5, 5.41) is 11.6. The first-order valence-corrected chi connectivity index (χ1v) is 13.6. The van der Waals surface area contributed by atoms with Crippen LogP contribution in [0.1, 0.15) is 0 Å². The number of hydrogen-bond donors (Lipinski definition) is 1. The average Bonchev–Trinajstić information content (AvgIpc) is 2.16. The van der Waals surface area contributed by atoms with Crippen molar-refractivity contribution in [3.63, 3.8) is 0 Å². The number of fused-ring (bicyclic) bond motifs is 1. The van der Waals surface area contributed by atoms with E-state index in [1.54, 1.807) is 12.1 Å². The zero-order valence-electron chi connectivity index (χ0n) is 7.00. The molecule has 2 aromatic rings. The van der Waals surface area contributed by atoms with Gasteiger partial charge in [0.25, 0.3) is 0 Å². The van der Waals surface area contributed by atoms with E-state index in [1.807, 2.05) is 18.2 Å². The first-order valence-electron chi connectivity index (χ1n) is 4.08. The molecule has 0 unspecified atom stereocenters. The van der Waals surface area contributed by atoms with Gasteiger partial charge in [-0.15, -0.1) is 0 Å². The molecular weight excluding hydrogens is 372 g/mol. The van der Waals surface area contributed by atoms with E-state index >= 15 is 0 Å². The summed E-state index contributed by atoms with van der Waals surface area (Å²) in [6.45, 7) is 0. The minimum atomic E-state index is -1.34. The van der Waals surface area contributed by atoms with Gasteiger partial charge in [0.2, 0.25) is 0 Å². The number of benzene rings is 2. The van der Waals surface area contributed by atoms with Gasteiger partial charge in [-0.3, -0.25) is 0 Å². The summed E-state index contributed by atoms with van der Waals surface area (Å²) in [6, 6.07) is 11.5. The Morgan fingerprint density at radius 3 is 2.77 bits per heavy atom. The molecule has 0 fully saturated rings. The normalized spacial score (nSPS) is 9.92. The van der Waals surface area contributed by atoms with Gasteiger partial charge in [-0.25, -0.2) is 0 Å². The summed E-state index contributed by atoms with van der Waals surface area (Å²) >= 11 is -1.34. The fourth-order valence-corrected chi connectivity index (χ4v) is 6.19. The van der Waals surface area contributed by atoms with E-state index in [1.165, 1.54) is 8.46 Å². The summed E-state index contributed by atoms with van der Waals surface area (Å²) in [6.07, 6.45) is 0. The van der Waals surface area contributed by atoms with Crippen molar-refractivity contribution in [2.24, 2.45) is 0 Å². The molecule has 1 N–H and O–H groups in total. The van der Waals surface area contributed by atoms with Crippen molar-refractivity contribution in [1.82, 2.24) is 0 Å². The molecular formula is C10H7ClHgO. The topological polar surface area (TPSA) is 20.2 Å². The van der Waals surface area contributed by atoms with Crippen LogP contribution in [-0.4, -0.2) is 5.11 Å². The van der Waals surface area contributed by atoms with Crippen LogP contribution in [0.15, 0.2) is 36.4 Å². The number of phenolic OH excluding ortho intramolecular Hbond substituents is 1. The maximum absolute atomic E-state index is 9.28. The first kappa shape index (κ1) is 9.29. The van der Waals surface area contributed by atoms with E-state index in [2.05, 4.69) is 6.07 Å². The van der Waals surface area contributed by atoms with E-state index in [4.69, 9.17) is 8.25 Å². The van der Waals surface area contributed by atoms with Crippen LogP contribution in [0.4, 0.5) is 0 Å². The van der Waals surface area contributed by atoms with Crippen LogP contribution in [0.3, 0.4) is 0 Å². The Morgan fingerprint density at radius 2 is 2.00 bits per heavy atom. The molecule has 0 bridgehead atoms. The van der Waals surface area contributed by atoms with Crippen LogP contribution in [0, 0.1) is 0 Å². The maximum atomic E-state index is 9.28. The van der Waals surface area contributed by atoms with Crippen LogP contribution in [0.5, 0.6) is 5.75 Å². The molecule has 2 rings (SSSR count). The number of rotatable bonds is 1. The van der Waals surface area contributed by atoms with Crippen molar-refractivity contribution < 1.29 is 28.4 Å². The van der Waals surface area contributed by atoms with Crippen molar-refractivity contribution in [3.8, 4) is 5.75 Å². The van der Waals surface area contributed by atoms with Crippen molar-refractivity contribution >= 4 is 22.1 Å². The van der Waals surface area contributed by atoms with Crippen LogP contribution < -0.4 is 3.07 Å². The monoisotopic (exact) mass is 380 g/mol. The molecule has 1 nitrogen and oxygen atoms in total. The second-order valence-corrected chi connectivity index (χ2v) is 9.30. The molecule has 0 aliphatic heterocycles. The Bertz CT molecular complexity index is 442. The van der Waals surface area contributed by atoms with Crippen LogP contribution in [-0.2, 0) is 23.3 Å². The first-order chi connectivity index (χ1) is 6.31. The van der Waals surface area contributed by atoms with E-state index in [-0.39, 0.29) is 0 Å². The Hall–Kier alpha value is -0.275. The van der Waals surface area contributed by atoms with Crippen molar-refractivity contribution in [1.29, 1.82) is 0 Å². The molecule has 0 spiro atoms. The molecule has 0 aromatic heterocycles. The van der Waals surface area contributed by atoms with Crippen LogP contribution >= 0.6 is 8.25 Å². The van der Waals surface area contributed by atoms with Crippen molar-refractivity contribution in [3.05, 3.63) is 36.4 Å². The zero-order valence-corrected chi connectivity index (χ0v) is 13.3. The van der Waals surface area contributed by atoms with E-state index in [0.29, 0.717) is 5.75 Å².